The molecule has 1 saturated carbocycles. The minimum atomic E-state index is -4.58. The van der Waals surface area contributed by atoms with E-state index >= 15 is 0 Å². The predicted molar refractivity (Wildman–Crippen MR) is 112 cm³/mol. The molecule has 1 aliphatic heterocycles. The number of aliphatic carboxylic acids is 1. The summed E-state index contributed by atoms with van der Waals surface area (Å²) in [6, 6.07) is 3.43. The van der Waals surface area contributed by atoms with Crippen LogP contribution in [0, 0.1) is 11.8 Å². The Balaban J connectivity index is 1.55. The second-order valence-corrected chi connectivity index (χ2v) is 10.2. The Labute approximate surface area is 192 Å². The van der Waals surface area contributed by atoms with Gasteiger partial charge in [0.25, 0.3) is 0 Å². The largest absolute Gasteiger partial charge is 0.481 e. The fraction of sp³-hybridized carbons (Fsp3) is 0.571. The standard InChI is InChI=1S/C21H23ClF3N3O3S/c22-17-6-5-13(32-17)10-28-16-11-27(8-7-15(16)19(26-28)21(23,24)25)18(29)9-12-3-1-2-4-14(12)20(30)31/h5-6,12,14H,1-4,7-11H2,(H,30,31). The molecule has 1 fully saturated rings. The van der Waals surface area contributed by atoms with Gasteiger partial charge < -0.3 is 10.0 Å². The first-order valence-corrected chi connectivity index (χ1v) is 11.7. The van der Waals surface area contributed by atoms with Crippen LogP contribution in [0.5, 0.6) is 0 Å². The molecule has 4 rings (SSSR count). The summed E-state index contributed by atoms with van der Waals surface area (Å²) in [6.45, 7) is 0.332. The van der Waals surface area contributed by atoms with E-state index in [1.165, 1.54) is 20.9 Å². The van der Waals surface area contributed by atoms with Gasteiger partial charge in [0.15, 0.2) is 5.69 Å². The number of amides is 1. The van der Waals surface area contributed by atoms with E-state index < -0.39 is 23.8 Å². The zero-order valence-corrected chi connectivity index (χ0v) is 18.8. The Bertz CT molecular complexity index is 1020. The highest BCUT2D eigenvalue weighted by Crippen LogP contribution is 2.37. The number of carboxylic acids is 1. The van der Waals surface area contributed by atoms with Crippen molar-refractivity contribution in [3.05, 3.63) is 38.3 Å². The van der Waals surface area contributed by atoms with Crippen molar-refractivity contribution < 1.29 is 27.9 Å². The normalized spacial score (nSPS) is 21.4. The highest BCUT2D eigenvalue weighted by molar-refractivity contribution is 7.16. The van der Waals surface area contributed by atoms with Gasteiger partial charge >= 0.3 is 12.1 Å². The number of fused-ring (bicyclic) bond motifs is 1. The summed E-state index contributed by atoms with van der Waals surface area (Å²) in [6.07, 6.45) is -1.45. The first kappa shape index (κ1) is 23.1. The van der Waals surface area contributed by atoms with Gasteiger partial charge in [-0.2, -0.15) is 18.3 Å². The smallest absolute Gasteiger partial charge is 0.435 e. The average molecular weight is 490 g/mol. The Morgan fingerprint density at radius 3 is 2.66 bits per heavy atom. The number of alkyl halides is 3. The van der Waals surface area contributed by atoms with E-state index in [1.807, 2.05) is 0 Å². The first-order chi connectivity index (χ1) is 15.1. The number of carboxylic acid groups (broad SMARTS) is 1. The van der Waals surface area contributed by atoms with Gasteiger partial charge in [0.1, 0.15) is 0 Å². The number of nitrogens with zero attached hydrogens (tertiary/aromatic N) is 3. The molecule has 1 aliphatic carbocycles. The van der Waals surface area contributed by atoms with Gasteiger partial charge in [0.05, 0.1) is 29.0 Å². The van der Waals surface area contributed by atoms with E-state index in [-0.39, 0.29) is 49.9 Å². The molecule has 0 bridgehead atoms. The van der Waals surface area contributed by atoms with Crippen LogP contribution in [0.2, 0.25) is 4.34 Å². The summed E-state index contributed by atoms with van der Waals surface area (Å²) in [5.74, 6) is -1.88. The number of hydrogen-bond donors (Lipinski definition) is 1. The highest BCUT2D eigenvalue weighted by atomic mass is 35.5. The monoisotopic (exact) mass is 489 g/mol. The maximum absolute atomic E-state index is 13.6. The van der Waals surface area contributed by atoms with Gasteiger partial charge in [-0.3, -0.25) is 14.3 Å². The van der Waals surface area contributed by atoms with E-state index in [4.69, 9.17) is 11.6 Å². The van der Waals surface area contributed by atoms with Crippen LogP contribution in [0.3, 0.4) is 0 Å². The molecule has 6 nitrogen and oxygen atoms in total. The van der Waals surface area contributed by atoms with E-state index in [9.17, 15) is 27.9 Å². The van der Waals surface area contributed by atoms with Crippen LogP contribution in [0.15, 0.2) is 12.1 Å². The van der Waals surface area contributed by atoms with Crippen molar-refractivity contribution in [3.63, 3.8) is 0 Å². The van der Waals surface area contributed by atoms with Crippen LogP contribution in [0.4, 0.5) is 13.2 Å². The molecule has 0 aromatic carbocycles. The SMILES string of the molecule is O=C(O)C1CCCCC1CC(=O)N1CCc2c(C(F)(F)F)nn(Cc3ccc(Cl)s3)c2C1. The molecule has 2 atom stereocenters. The van der Waals surface area contributed by atoms with Crippen LogP contribution in [0.1, 0.15) is 53.9 Å². The highest BCUT2D eigenvalue weighted by Gasteiger charge is 2.41. The van der Waals surface area contributed by atoms with Crippen molar-refractivity contribution in [2.75, 3.05) is 6.54 Å². The third kappa shape index (κ3) is 4.80. The number of hydrogen-bond acceptors (Lipinski definition) is 4. The number of carbonyl (C=O) groups excluding carboxylic acids is 1. The minimum Gasteiger partial charge on any atom is -0.481 e. The van der Waals surface area contributed by atoms with E-state index in [1.54, 1.807) is 12.1 Å². The predicted octanol–water partition coefficient (Wildman–Crippen LogP) is 4.83. The van der Waals surface area contributed by atoms with Crippen molar-refractivity contribution in [2.45, 2.75) is 57.8 Å². The van der Waals surface area contributed by atoms with Crippen LogP contribution < -0.4 is 0 Å². The van der Waals surface area contributed by atoms with Crippen molar-refractivity contribution >= 4 is 34.8 Å². The summed E-state index contributed by atoms with van der Waals surface area (Å²) in [7, 11) is 0. The molecule has 3 heterocycles. The van der Waals surface area contributed by atoms with Crippen LogP contribution in [-0.2, 0) is 35.3 Å². The molecule has 174 valence electrons. The molecule has 0 spiro atoms. The van der Waals surface area contributed by atoms with E-state index in [2.05, 4.69) is 5.10 Å². The lowest BCUT2D eigenvalue weighted by Gasteiger charge is -2.32. The quantitative estimate of drug-likeness (QED) is 0.652. The van der Waals surface area contributed by atoms with Crippen molar-refractivity contribution in [3.8, 4) is 0 Å². The molecule has 1 N–H and O–H groups in total. The maximum atomic E-state index is 13.6. The van der Waals surface area contributed by atoms with Crippen molar-refractivity contribution in [1.29, 1.82) is 0 Å². The lowest BCUT2D eigenvalue weighted by molar-refractivity contribution is -0.146. The molecule has 11 heteroatoms. The molecule has 2 aromatic rings. The van der Waals surface area contributed by atoms with Gasteiger partial charge in [-0.15, -0.1) is 11.3 Å². The number of carbonyl (C=O) groups is 2. The zero-order valence-electron chi connectivity index (χ0n) is 17.2. The van der Waals surface area contributed by atoms with Gasteiger partial charge in [-0.05, 0) is 37.3 Å². The number of rotatable bonds is 5. The van der Waals surface area contributed by atoms with Gasteiger partial charge in [-0.25, -0.2) is 0 Å². The first-order valence-electron chi connectivity index (χ1n) is 10.5. The number of halogens is 4. The lowest BCUT2D eigenvalue weighted by atomic mass is 9.77. The van der Waals surface area contributed by atoms with Crippen LogP contribution in [-0.4, -0.2) is 38.2 Å². The fourth-order valence-corrected chi connectivity index (χ4v) is 5.84. The molecule has 0 saturated heterocycles. The lowest BCUT2D eigenvalue weighted by Crippen LogP contribution is -2.39. The van der Waals surface area contributed by atoms with Gasteiger partial charge in [0, 0.05) is 23.4 Å². The Morgan fingerprint density at radius 1 is 1.25 bits per heavy atom. The summed E-state index contributed by atoms with van der Waals surface area (Å²) in [5, 5.41) is 13.3. The Hall–Kier alpha value is -2.07. The molecule has 32 heavy (non-hydrogen) atoms. The average Bonchev–Trinajstić information content (AvgIpc) is 3.31. The minimum absolute atomic E-state index is 0.0286. The van der Waals surface area contributed by atoms with Gasteiger partial charge in [-0.1, -0.05) is 24.4 Å². The van der Waals surface area contributed by atoms with Gasteiger partial charge in [0.2, 0.25) is 5.91 Å². The van der Waals surface area contributed by atoms with E-state index in [0.29, 0.717) is 22.9 Å². The Morgan fingerprint density at radius 2 is 2.00 bits per heavy atom. The second-order valence-electron chi connectivity index (χ2n) is 8.39. The summed E-state index contributed by atoms with van der Waals surface area (Å²) in [4.78, 5) is 26.8. The summed E-state index contributed by atoms with van der Waals surface area (Å²) in [5.41, 5.74) is -0.398. The molecular formula is C21H23ClF3N3O3S. The third-order valence-electron chi connectivity index (χ3n) is 6.36. The molecule has 1 amide bonds. The number of thiophene rings is 1. The number of aromatic nitrogens is 2. The molecular weight excluding hydrogens is 467 g/mol. The summed E-state index contributed by atoms with van der Waals surface area (Å²) < 4.78 is 42.6. The van der Waals surface area contributed by atoms with Crippen molar-refractivity contribution in [1.82, 2.24) is 14.7 Å². The molecule has 2 unspecified atom stereocenters. The maximum Gasteiger partial charge on any atom is 0.435 e. The summed E-state index contributed by atoms with van der Waals surface area (Å²) >= 11 is 7.22. The second kappa shape index (κ2) is 9.05. The fourth-order valence-electron chi connectivity index (χ4n) is 4.77. The third-order valence-corrected chi connectivity index (χ3v) is 7.57. The van der Waals surface area contributed by atoms with Crippen LogP contribution in [0.25, 0.3) is 0 Å². The van der Waals surface area contributed by atoms with Crippen molar-refractivity contribution in [2.24, 2.45) is 11.8 Å². The van der Waals surface area contributed by atoms with Crippen LogP contribution >= 0.6 is 22.9 Å². The molecule has 2 aliphatic rings. The molecule has 2 aromatic heterocycles. The van der Waals surface area contributed by atoms with E-state index in [0.717, 1.165) is 17.7 Å². The molecule has 0 radical (unpaired) electrons. The Kier molecular flexibility index (Phi) is 6.53. The zero-order chi connectivity index (χ0) is 23.0. The topological polar surface area (TPSA) is 75.4 Å².